The number of aliphatic carboxylic acids is 1. The third-order valence-corrected chi connectivity index (χ3v) is 6.28. The summed E-state index contributed by atoms with van der Waals surface area (Å²) in [6.45, 7) is 0.0213. The highest BCUT2D eigenvalue weighted by atomic mass is 32.2. The van der Waals surface area contributed by atoms with Crippen LogP contribution in [0.2, 0.25) is 0 Å². The second-order valence-corrected chi connectivity index (χ2v) is 8.46. The van der Waals surface area contributed by atoms with Crippen molar-refractivity contribution in [3.8, 4) is 5.75 Å². The Hall–Kier alpha value is -2.46. The number of aromatic nitrogens is 2. The molecule has 1 aliphatic heterocycles. The van der Waals surface area contributed by atoms with Gasteiger partial charge in [0, 0.05) is 26.3 Å². The molecule has 1 fully saturated rings. The predicted octanol–water partition coefficient (Wildman–Crippen LogP) is 1.28. The molecule has 0 radical (unpaired) electrons. The summed E-state index contributed by atoms with van der Waals surface area (Å²) < 4.78 is 47.5. The molecule has 2 heterocycles. The highest BCUT2D eigenvalue weighted by Crippen LogP contribution is 2.28. The van der Waals surface area contributed by atoms with E-state index in [0.717, 1.165) is 30.5 Å². The van der Waals surface area contributed by atoms with Crippen molar-refractivity contribution in [2.75, 3.05) is 19.7 Å². The molecule has 1 saturated heterocycles. The summed E-state index contributed by atoms with van der Waals surface area (Å²) in [5.41, 5.74) is 1.05. The number of nitrogens with zero attached hydrogens (tertiary/aromatic N) is 3. The Morgan fingerprint density at radius 1 is 1.44 bits per heavy atom. The lowest BCUT2D eigenvalue weighted by Crippen LogP contribution is -2.29. The monoisotopic (exact) mass is 397 g/mol. The highest BCUT2D eigenvalue weighted by Gasteiger charge is 2.33. The Kier molecular flexibility index (Phi) is 5.47. The topological polar surface area (TPSA) is 102 Å². The van der Waals surface area contributed by atoms with Gasteiger partial charge in [-0.2, -0.15) is 9.40 Å². The molecule has 0 saturated carbocycles. The van der Waals surface area contributed by atoms with E-state index in [1.54, 1.807) is 10.9 Å². The van der Waals surface area contributed by atoms with Gasteiger partial charge in [-0.3, -0.25) is 4.68 Å². The van der Waals surface area contributed by atoms with Crippen LogP contribution in [0.3, 0.4) is 0 Å². The van der Waals surface area contributed by atoms with Crippen LogP contribution in [0.4, 0.5) is 4.39 Å². The fourth-order valence-corrected chi connectivity index (χ4v) is 4.68. The van der Waals surface area contributed by atoms with E-state index in [0.29, 0.717) is 13.1 Å². The van der Waals surface area contributed by atoms with Gasteiger partial charge in [0.05, 0.1) is 11.1 Å². The largest absolute Gasteiger partial charge is 0.479 e. The van der Waals surface area contributed by atoms with Crippen LogP contribution in [0.5, 0.6) is 5.75 Å². The molecule has 0 aliphatic carbocycles. The smallest absolute Gasteiger partial charge is 0.341 e. The Balaban J connectivity index is 1.69. The number of carbonyl (C=O) groups is 1. The Labute approximate surface area is 156 Å². The molecule has 1 aromatic heterocycles. The lowest BCUT2D eigenvalue weighted by atomic mass is 10.0. The van der Waals surface area contributed by atoms with Crippen molar-refractivity contribution < 1.29 is 27.4 Å². The van der Waals surface area contributed by atoms with Crippen molar-refractivity contribution in [1.82, 2.24) is 14.1 Å². The number of ether oxygens (including phenoxy) is 1. The van der Waals surface area contributed by atoms with Gasteiger partial charge in [-0.15, -0.1) is 0 Å². The van der Waals surface area contributed by atoms with Crippen molar-refractivity contribution in [1.29, 1.82) is 0 Å². The molecule has 1 atom stereocenters. The number of rotatable bonds is 7. The van der Waals surface area contributed by atoms with Crippen molar-refractivity contribution >= 4 is 16.0 Å². The fourth-order valence-electron chi connectivity index (χ4n) is 3.14. The standard InChI is InChI=1S/C17H20FN3O5S/c1-20-9-13(8-19-20)6-12-4-5-21(10-12)27(24,25)14-2-3-16(15(18)7-14)26-11-17(22)23/h2-3,7-9,12H,4-6,10-11H2,1H3,(H,22,23). The third kappa shape index (κ3) is 4.45. The molecular formula is C17H20FN3O5S. The van der Waals surface area contributed by atoms with Crippen LogP contribution in [0.1, 0.15) is 12.0 Å². The molecule has 8 nitrogen and oxygen atoms in total. The molecule has 1 aromatic carbocycles. The average Bonchev–Trinajstić information content (AvgIpc) is 3.23. The number of halogens is 1. The van der Waals surface area contributed by atoms with Gasteiger partial charge < -0.3 is 9.84 Å². The molecule has 10 heteroatoms. The summed E-state index contributed by atoms with van der Waals surface area (Å²) in [6, 6.07) is 3.22. The normalized spacial score (nSPS) is 17.9. The van der Waals surface area contributed by atoms with Crippen molar-refractivity contribution in [3.05, 3.63) is 42.0 Å². The number of hydrogen-bond donors (Lipinski definition) is 1. The molecule has 2 aromatic rings. The summed E-state index contributed by atoms with van der Waals surface area (Å²) in [5, 5.41) is 12.7. The van der Waals surface area contributed by atoms with Crippen LogP contribution in [0.15, 0.2) is 35.5 Å². The minimum Gasteiger partial charge on any atom is -0.479 e. The summed E-state index contributed by atoms with van der Waals surface area (Å²) in [7, 11) is -2.00. The number of hydrogen-bond acceptors (Lipinski definition) is 5. The lowest BCUT2D eigenvalue weighted by Gasteiger charge is -2.17. The number of carboxylic acid groups (broad SMARTS) is 1. The van der Waals surface area contributed by atoms with Crippen LogP contribution in [0, 0.1) is 11.7 Å². The van der Waals surface area contributed by atoms with E-state index in [-0.39, 0.29) is 16.6 Å². The first kappa shape index (κ1) is 19.3. The van der Waals surface area contributed by atoms with Gasteiger partial charge in [0.2, 0.25) is 10.0 Å². The second kappa shape index (κ2) is 7.65. The molecule has 3 rings (SSSR count). The van der Waals surface area contributed by atoms with E-state index in [1.807, 2.05) is 13.2 Å². The van der Waals surface area contributed by atoms with Gasteiger partial charge >= 0.3 is 5.97 Å². The van der Waals surface area contributed by atoms with Crippen molar-refractivity contribution in [2.24, 2.45) is 13.0 Å². The van der Waals surface area contributed by atoms with Crippen LogP contribution in [0.25, 0.3) is 0 Å². The van der Waals surface area contributed by atoms with E-state index in [4.69, 9.17) is 9.84 Å². The molecule has 146 valence electrons. The van der Waals surface area contributed by atoms with E-state index >= 15 is 0 Å². The second-order valence-electron chi connectivity index (χ2n) is 6.52. The minimum atomic E-state index is -3.83. The summed E-state index contributed by atoms with van der Waals surface area (Å²) >= 11 is 0. The number of carboxylic acids is 1. The zero-order valence-corrected chi connectivity index (χ0v) is 15.5. The van der Waals surface area contributed by atoms with Gasteiger partial charge in [-0.25, -0.2) is 17.6 Å². The molecule has 0 bridgehead atoms. The minimum absolute atomic E-state index is 0.173. The molecule has 27 heavy (non-hydrogen) atoms. The van der Waals surface area contributed by atoms with Crippen LogP contribution >= 0.6 is 0 Å². The molecule has 0 amide bonds. The fraction of sp³-hybridized carbons (Fsp3) is 0.412. The molecule has 0 spiro atoms. The molecular weight excluding hydrogens is 377 g/mol. The van der Waals surface area contributed by atoms with Gasteiger partial charge in [0.1, 0.15) is 0 Å². The van der Waals surface area contributed by atoms with Gasteiger partial charge in [-0.05, 0) is 42.5 Å². The summed E-state index contributed by atoms with van der Waals surface area (Å²) in [6.07, 6.45) is 5.12. The van der Waals surface area contributed by atoms with E-state index in [2.05, 4.69) is 5.10 Å². The molecule has 1 N–H and O–H groups in total. The molecule has 1 unspecified atom stereocenters. The number of aryl methyl sites for hydroxylation is 1. The number of benzene rings is 1. The zero-order valence-electron chi connectivity index (χ0n) is 14.7. The van der Waals surface area contributed by atoms with Crippen LogP contribution in [-0.4, -0.2) is 53.3 Å². The van der Waals surface area contributed by atoms with E-state index in [1.165, 1.54) is 10.4 Å². The van der Waals surface area contributed by atoms with Crippen LogP contribution in [-0.2, 0) is 28.3 Å². The number of sulfonamides is 1. The summed E-state index contributed by atoms with van der Waals surface area (Å²) in [4.78, 5) is 10.3. The van der Waals surface area contributed by atoms with Gasteiger partial charge in [0.25, 0.3) is 0 Å². The van der Waals surface area contributed by atoms with E-state index in [9.17, 15) is 17.6 Å². The first-order chi connectivity index (χ1) is 12.8. The van der Waals surface area contributed by atoms with Gasteiger partial charge in [0.15, 0.2) is 18.2 Å². The quantitative estimate of drug-likeness (QED) is 0.755. The SMILES string of the molecule is Cn1cc(CC2CCN(S(=O)(=O)c3ccc(OCC(=O)O)c(F)c3)C2)cn1. The Morgan fingerprint density at radius 2 is 2.22 bits per heavy atom. The third-order valence-electron chi connectivity index (χ3n) is 4.42. The first-order valence-electron chi connectivity index (χ1n) is 8.37. The first-order valence-corrected chi connectivity index (χ1v) is 9.81. The molecule has 1 aliphatic rings. The van der Waals surface area contributed by atoms with Gasteiger partial charge in [-0.1, -0.05) is 0 Å². The Morgan fingerprint density at radius 3 is 2.85 bits per heavy atom. The zero-order chi connectivity index (χ0) is 19.6. The van der Waals surface area contributed by atoms with Crippen molar-refractivity contribution in [3.63, 3.8) is 0 Å². The maximum atomic E-state index is 14.1. The lowest BCUT2D eigenvalue weighted by molar-refractivity contribution is -0.139. The van der Waals surface area contributed by atoms with Crippen molar-refractivity contribution in [2.45, 2.75) is 17.7 Å². The predicted molar refractivity (Wildman–Crippen MR) is 93.3 cm³/mol. The maximum Gasteiger partial charge on any atom is 0.341 e. The average molecular weight is 397 g/mol. The van der Waals surface area contributed by atoms with Crippen LogP contribution < -0.4 is 4.74 Å². The Bertz CT molecular complexity index is 944. The highest BCUT2D eigenvalue weighted by molar-refractivity contribution is 7.89. The van der Waals surface area contributed by atoms with E-state index < -0.39 is 28.4 Å². The maximum absolute atomic E-state index is 14.1. The summed E-state index contributed by atoms with van der Waals surface area (Å²) in [5.74, 6) is -2.29.